The zero-order chi connectivity index (χ0) is 17.3. The maximum absolute atomic E-state index is 11.5. The molecular weight excluding hydrogens is 312 g/mol. The van der Waals surface area contributed by atoms with Gasteiger partial charge in [0.25, 0.3) is 0 Å². The first-order valence-corrected chi connectivity index (χ1v) is 11.6. The number of hydrogen-bond donors (Lipinski definition) is 0. The average Bonchev–Trinajstić information content (AvgIpc) is 2.47. The Balaban J connectivity index is 2.51. The topological polar surface area (TPSA) is 54.0 Å². The lowest BCUT2D eigenvalue weighted by Gasteiger charge is -2.16. The molecule has 0 radical (unpaired) electrons. The molecule has 0 amide bonds. The second-order valence-electron chi connectivity index (χ2n) is 6.45. The Morgan fingerprint density at radius 1 is 1.17 bits per heavy atom. The molecule has 0 saturated heterocycles. The van der Waals surface area contributed by atoms with Gasteiger partial charge in [-0.05, 0) is 30.7 Å². The van der Waals surface area contributed by atoms with Crippen LogP contribution >= 0.6 is 0 Å². The highest BCUT2D eigenvalue weighted by molar-refractivity contribution is 6.76. The summed E-state index contributed by atoms with van der Waals surface area (Å²) >= 11 is 0. The summed E-state index contributed by atoms with van der Waals surface area (Å²) in [5.41, 5.74) is 0.826. The normalized spacial score (nSPS) is 11.2. The molecule has 0 spiro atoms. The highest BCUT2D eigenvalue weighted by Crippen LogP contribution is 2.28. The molecule has 0 unspecified atom stereocenters. The van der Waals surface area contributed by atoms with Crippen molar-refractivity contribution in [3.05, 3.63) is 23.8 Å². The van der Waals surface area contributed by atoms with E-state index in [-0.39, 0.29) is 19.2 Å². The molecule has 1 rings (SSSR count). The molecule has 23 heavy (non-hydrogen) atoms. The molecule has 0 aliphatic rings. The molecule has 0 bridgehead atoms. The minimum absolute atomic E-state index is 0.193. The first-order valence-electron chi connectivity index (χ1n) is 7.89. The Morgan fingerprint density at radius 3 is 2.52 bits per heavy atom. The van der Waals surface area contributed by atoms with E-state index in [1.54, 1.807) is 26.2 Å². The molecule has 6 heteroatoms. The van der Waals surface area contributed by atoms with E-state index in [0.29, 0.717) is 24.7 Å². The summed E-state index contributed by atoms with van der Waals surface area (Å²) in [5, 5.41) is 0. The van der Waals surface area contributed by atoms with Crippen LogP contribution in [0.3, 0.4) is 0 Å². The Hall–Kier alpha value is -1.53. The van der Waals surface area contributed by atoms with Gasteiger partial charge >= 0.3 is 5.97 Å². The summed E-state index contributed by atoms with van der Waals surface area (Å²) in [6, 6.07) is 6.51. The van der Waals surface area contributed by atoms with Crippen LogP contribution in [0.2, 0.25) is 25.7 Å². The van der Waals surface area contributed by atoms with Gasteiger partial charge in [0.15, 0.2) is 18.3 Å². The van der Waals surface area contributed by atoms with Crippen molar-refractivity contribution in [1.82, 2.24) is 0 Å². The van der Waals surface area contributed by atoms with Gasteiger partial charge in [0, 0.05) is 14.7 Å². The fourth-order valence-corrected chi connectivity index (χ4v) is 2.62. The third-order valence-electron chi connectivity index (χ3n) is 3.18. The molecule has 0 aliphatic heterocycles. The number of carbonyl (C=O) groups is 1. The van der Waals surface area contributed by atoms with Gasteiger partial charge in [-0.1, -0.05) is 25.7 Å². The van der Waals surface area contributed by atoms with Gasteiger partial charge in [-0.3, -0.25) is 4.79 Å². The highest BCUT2D eigenvalue weighted by atomic mass is 28.3. The summed E-state index contributed by atoms with van der Waals surface area (Å²) in [6.45, 7) is 9.99. The second kappa shape index (κ2) is 9.57. The quantitative estimate of drug-likeness (QED) is 0.282. The van der Waals surface area contributed by atoms with Crippen molar-refractivity contribution < 1.29 is 23.7 Å². The SMILES string of the molecule is CCOC(=O)Cc1ccc(OCOCC[Si](C)(C)C)c(OC)c1. The molecule has 0 N–H and O–H groups in total. The van der Waals surface area contributed by atoms with Crippen molar-refractivity contribution in [3.63, 3.8) is 0 Å². The fraction of sp³-hybridized carbons (Fsp3) is 0.588. The molecule has 0 heterocycles. The lowest BCUT2D eigenvalue weighted by atomic mass is 10.1. The van der Waals surface area contributed by atoms with Gasteiger partial charge in [-0.15, -0.1) is 0 Å². The van der Waals surface area contributed by atoms with Crippen molar-refractivity contribution in [3.8, 4) is 11.5 Å². The van der Waals surface area contributed by atoms with E-state index in [0.717, 1.165) is 11.6 Å². The molecule has 1 aromatic rings. The molecule has 5 nitrogen and oxygen atoms in total. The van der Waals surface area contributed by atoms with E-state index < -0.39 is 8.07 Å². The van der Waals surface area contributed by atoms with Crippen LogP contribution in [0, 0.1) is 0 Å². The predicted molar refractivity (Wildman–Crippen MR) is 92.9 cm³/mol. The first-order chi connectivity index (χ1) is 10.9. The van der Waals surface area contributed by atoms with E-state index in [1.807, 2.05) is 6.07 Å². The van der Waals surface area contributed by atoms with Gasteiger partial charge in [0.2, 0.25) is 0 Å². The van der Waals surface area contributed by atoms with Crippen LogP contribution in [0.25, 0.3) is 0 Å². The van der Waals surface area contributed by atoms with E-state index in [2.05, 4.69) is 19.6 Å². The Bertz CT molecular complexity index is 496. The fourth-order valence-electron chi connectivity index (χ4n) is 1.86. The van der Waals surface area contributed by atoms with Crippen LogP contribution in [0.15, 0.2) is 18.2 Å². The number of carbonyl (C=O) groups excluding carboxylic acids is 1. The van der Waals surface area contributed by atoms with E-state index in [9.17, 15) is 4.79 Å². The number of benzene rings is 1. The molecule has 0 saturated carbocycles. The minimum Gasteiger partial charge on any atom is -0.493 e. The summed E-state index contributed by atoms with van der Waals surface area (Å²) in [6.07, 6.45) is 0.219. The van der Waals surface area contributed by atoms with Crippen molar-refractivity contribution in [2.45, 2.75) is 39.0 Å². The zero-order valence-electron chi connectivity index (χ0n) is 14.8. The summed E-state index contributed by atoms with van der Waals surface area (Å²) in [4.78, 5) is 11.5. The highest BCUT2D eigenvalue weighted by Gasteiger charge is 2.13. The maximum atomic E-state index is 11.5. The van der Waals surface area contributed by atoms with Crippen LogP contribution in [0.5, 0.6) is 11.5 Å². The van der Waals surface area contributed by atoms with E-state index >= 15 is 0 Å². The van der Waals surface area contributed by atoms with E-state index in [1.165, 1.54) is 0 Å². The number of ether oxygens (including phenoxy) is 4. The van der Waals surface area contributed by atoms with Gasteiger partial charge in [-0.25, -0.2) is 0 Å². The molecule has 130 valence electrons. The molecule has 0 atom stereocenters. The summed E-state index contributed by atoms with van der Waals surface area (Å²) in [5.74, 6) is 0.937. The molecule has 0 fully saturated rings. The molecular formula is C17H28O5Si. The number of methoxy groups -OCH3 is 1. The third kappa shape index (κ3) is 8.04. The average molecular weight is 340 g/mol. The minimum atomic E-state index is -1.08. The van der Waals surface area contributed by atoms with Crippen LogP contribution in [-0.4, -0.2) is 41.2 Å². The van der Waals surface area contributed by atoms with Crippen LogP contribution in [0.1, 0.15) is 12.5 Å². The maximum Gasteiger partial charge on any atom is 0.310 e. The summed E-state index contributed by atoms with van der Waals surface area (Å²) in [7, 11) is 0.488. The monoisotopic (exact) mass is 340 g/mol. The van der Waals surface area contributed by atoms with Crippen LogP contribution < -0.4 is 9.47 Å². The molecule has 0 aliphatic carbocycles. The zero-order valence-corrected chi connectivity index (χ0v) is 15.8. The van der Waals surface area contributed by atoms with Gasteiger partial charge in [0.1, 0.15) is 0 Å². The molecule has 0 aromatic heterocycles. The van der Waals surface area contributed by atoms with E-state index in [4.69, 9.17) is 18.9 Å². The smallest absolute Gasteiger partial charge is 0.310 e. The standard InChI is InChI=1S/C17H28O5Si/c1-6-21-17(18)12-14-7-8-15(16(11-14)19-2)22-13-20-9-10-23(3,4)5/h7-8,11H,6,9-10,12-13H2,1-5H3. The van der Waals surface area contributed by atoms with Crippen LogP contribution in [0.4, 0.5) is 0 Å². The van der Waals surface area contributed by atoms with Gasteiger partial charge < -0.3 is 18.9 Å². The second-order valence-corrected chi connectivity index (χ2v) is 12.1. The largest absolute Gasteiger partial charge is 0.493 e. The number of rotatable bonds is 10. The predicted octanol–water partition coefficient (Wildman–Crippen LogP) is 3.49. The lowest BCUT2D eigenvalue weighted by molar-refractivity contribution is -0.142. The summed E-state index contributed by atoms with van der Waals surface area (Å²) < 4.78 is 21.4. The lowest BCUT2D eigenvalue weighted by Crippen LogP contribution is -2.22. The number of esters is 1. The Morgan fingerprint density at radius 2 is 1.91 bits per heavy atom. The Labute approximate surface area is 139 Å². The van der Waals surface area contributed by atoms with Gasteiger partial charge in [0.05, 0.1) is 20.1 Å². The van der Waals surface area contributed by atoms with Gasteiger partial charge in [-0.2, -0.15) is 0 Å². The third-order valence-corrected chi connectivity index (χ3v) is 4.88. The van der Waals surface area contributed by atoms with Crippen molar-refractivity contribution in [2.75, 3.05) is 27.1 Å². The number of hydrogen-bond acceptors (Lipinski definition) is 5. The molecule has 1 aromatic carbocycles. The Kier molecular flexibility index (Phi) is 8.12. The van der Waals surface area contributed by atoms with Crippen molar-refractivity contribution in [1.29, 1.82) is 0 Å². The van der Waals surface area contributed by atoms with Crippen molar-refractivity contribution >= 4 is 14.0 Å². The van der Waals surface area contributed by atoms with Crippen LogP contribution in [-0.2, 0) is 20.7 Å². The van der Waals surface area contributed by atoms with Crippen molar-refractivity contribution in [2.24, 2.45) is 0 Å². The first kappa shape index (κ1) is 19.5.